The van der Waals surface area contributed by atoms with Gasteiger partial charge in [-0.05, 0) is 25.6 Å². The largest absolute Gasteiger partial charge is 0.384 e. The molecule has 1 heterocycles. The van der Waals surface area contributed by atoms with Gasteiger partial charge in [0.2, 0.25) is 0 Å². The second-order valence-electron chi connectivity index (χ2n) is 4.42. The lowest BCUT2D eigenvalue weighted by molar-refractivity contribution is -0.383. The van der Waals surface area contributed by atoms with Crippen molar-refractivity contribution >= 4 is 22.3 Å². The maximum absolute atomic E-state index is 11.0. The van der Waals surface area contributed by atoms with Crippen LogP contribution in [0, 0.1) is 10.1 Å². The predicted octanol–water partition coefficient (Wildman–Crippen LogP) is 2.55. The Bertz CT molecular complexity index is 601. The molecule has 2 rings (SSSR count). The lowest BCUT2D eigenvalue weighted by atomic mass is 10.1. The number of fused-ring (bicyclic) bond motifs is 1. The van der Waals surface area contributed by atoms with Crippen molar-refractivity contribution in [1.29, 1.82) is 0 Å². The molecule has 0 aliphatic rings. The number of anilines is 1. The van der Waals surface area contributed by atoms with Crippen molar-refractivity contribution in [3.63, 3.8) is 0 Å². The van der Waals surface area contributed by atoms with E-state index in [1.165, 1.54) is 6.07 Å². The molecule has 0 fully saturated rings. The summed E-state index contributed by atoms with van der Waals surface area (Å²) in [5.74, 6) is 0. The molecule has 6 heteroatoms. The summed E-state index contributed by atoms with van der Waals surface area (Å²) in [4.78, 5) is 14.7. The van der Waals surface area contributed by atoms with Crippen LogP contribution in [0.3, 0.4) is 0 Å². The molecule has 0 bridgehead atoms. The minimum Gasteiger partial charge on any atom is -0.384 e. The minimum atomic E-state index is -0.399. The van der Waals surface area contributed by atoms with Gasteiger partial charge < -0.3 is 10.6 Å². The number of nitrogens with one attached hydrogen (secondary N) is 2. The fourth-order valence-corrected chi connectivity index (χ4v) is 2.08. The van der Waals surface area contributed by atoms with Gasteiger partial charge in [0.05, 0.1) is 4.92 Å². The highest BCUT2D eigenvalue weighted by Gasteiger charge is 2.13. The molecule has 0 aliphatic carbocycles. The van der Waals surface area contributed by atoms with Crippen molar-refractivity contribution in [3.05, 3.63) is 40.6 Å². The number of pyridine rings is 1. The van der Waals surface area contributed by atoms with Crippen LogP contribution in [0.5, 0.6) is 0 Å². The number of rotatable bonds is 7. The number of hydrogen-bond acceptors (Lipinski definition) is 5. The molecule has 0 saturated heterocycles. The molecular formula is C14H18N4O2. The SMILES string of the molecule is CCNCCCNc1ccnc2c([N+](=O)[O-])cccc12. The first-order valence-electron chi connectivity index (χ1n) is 6.70. The molecule has 0 aliphatic heterocycles. The Morgan fingerprint density at radius 3 is 2.90 bits per heavy atom. The molecule has 0 amide bonds. The van der Waals surface area contributed by atoms with E-state index in [0.29, 0.717) is 5.52 Å². The van der Waals surface area contributed by atoms with Crippen LogP contribution in [0.2, 0.25) is 0 Å². The first-order valence-corrected chi connectivity index (χ1v) is 6.70. The molecule has 0 atom stereocenters. The Labute approximate surface area is 117 Å². The number of non-ortho nitro benzene ring substituents is 1. The highest BCUT2D eigenvalue weighted by atomic mass is 16.6. The standard InChI is InChI=1S/C14H18N4O2/c1-2-15-8-4-9-16-12-7-10-17-14-11(12)5-3-6-13(14)18(19)20/h3,5-7,10,15H,2,4,8-9H2,1H3,(H,16,17). The minimum absolute atomic E-state index is 0.0406. The molecule has 106 valence electrons. The molecule has 0 saturated carbocycles. The van der Waals surface area contributed by atoms with E-state index >= 15 is 0 Å². The van der Waals surface area contributed by atoms with E-state index in [0.717, 1.165) is 37.1 Å². The van der Waals surface area contributed by atoms with Gasteiger partial charge in [-0.25, -0.2) is 4.98 Å². The second kappa shape index (κ2) is 6.81. The lowest BCUT2D eigenvalue weighted by Crippen LogP contribution is -2.17. The summed E-state index contributed by atoms with van der Waals surface area (Å²) in [6.45, 7) is 4.80. The molecule has 2 N–H and O–H groups in total. The maximum atomic E-state index is 11.0. The van der Waals surface area contributed by atoms with Gasteiger partial charge in [0.1, 0.15) is 5.52 Å². The molecule has 1 aromatic heterocycles. The van der Waals surface area contributed by atoms with Crippen LogP contribution in [0.1, 0.15) is 13.3 Å². The molecule has 6 nitrogen and oxygen atoms in total. The maximum Gasteiger partial charge on any atom is 0.295 e. The highest BCUT2D eigenvalue weighted by Crippen LogP contribution is 2.28. The molecule has 1 aromatic carbocycles. The quantitative estimate of drug-likeness (QED) is 0.461. The summed E-state index contributed by atoms with van der Waals surface area (Å²) in [5, 5.41) is 18.3. The normalized spacial score (nSPS) is 10.7. The number of para-hydroxylation sites is 1. The van der Waals surface area contributed by atoms with E-state index in [-0.39, 0.29) is 5.69 Å². The van der Waals surface area contributed by atoms with Gasteiger partial charge in [-0.15, -0.1) is 0 Å². The van der Waals surface area contributed by atoms with Gasteiger partial charge in [-0.2, -0.15) is 0 Å². The Morgan fingerprint density at radius 1 is 1.30 bits per heavy atom. The number of benzene rings is 1. The fraction of sp³-hybridized carbons (Fsp3) is 0.357. The monoisotopic (exact) mass is 274 g/mol. The Balaban J connectivity index is 2.18. The number of aromatic nitrogens is 1. The zero-order valence-corrected chi connectivity index (χ0v) is 11.4. The lowest BCUT2D eigenvalue weighted by Gasteiger charge is -2.09. The van der Waals surface area contributed by atoms with Crippen LogP contribution in [0.25, 0.3) is 10.9 Å². The topological polar surface area (TPSA) is 80.1 Å². The third kappa shape index (κ3) is 3.21. The zero-order chi connectivity index (χ0) is 14.4. The van der Waals surface area contributed by atoms with Crippen LogP contribution in [-0.2, 0) is 0 Å². The van der Waals surface area contributed by atoms with Gasteiger partial charge in [-0.1, -0.05) is 19.1 Å². The fourth-order valence-electron chi connectivity index (χ4n) is 2.08. The van der Waals surface area contributed by atoms with Crippen LogP contribution in [-0.4, -0.2) is 29.5 Å². The molecule has 0 unspecified atom stereocenters. The Kier molecular flexibility index (Phi) is 4.84. The van der Waals surface area contributed by atoms with Crippen molar-refractivity contribution in [2.75, 3.05) is 25.0 Å². The van der Waals surface area contributed by atoms with Gasteiger partial charge in [0.15, 0.2) is 0 Å². The highest BCUT2D eigenvalue weighted by molar-refractivity contribution is 5.96. The number of nitro benzene ring substituents is 1. The van der Waals surface area contributed by atoms with Gasteiger partial charge in [-0.3, -0.25) is 10.1 Å². The van der Waals surface area contributed by atoms with Gasteiger partial charge in [0.25, 0.3) is 5.69 Å². The third-order valence-corrected chi connectivity index (χ3v) is 3.04. The third-order valence-electron chi connectivity index (χ3n) is 3.04. The van der Waals surface area contributed by atoms with Crippen molar-refractivity contribution < 1.29 is 4.92 Å². The van der Waals surface area contributed by atoms with Crippen molar-refractivity contribution in [2.45, 2.75) is 13.3 Å². The van der Waals surface area contributed by atoms with Crippen molar-refractivity contribution in [1.82, 2.24) is 10.3 Å². The van der Waals surface area contributed by atoms with Crippen LogP contribution in [0.15, 0.2) is 30.5 Å². The summed E-state index contributed by atoms with van der Waals surface area (Å²) in [5.41, 5.74) is 1.35. The first-order chi connectivity index (χ1) is 9.74. The number of nitro groups is 1. The summed E-state index contributed by atoms with van der Waals surface area (Å²) in [7, 11) is 0. The summed E-state index contributed by atoms with van der Waals surface area (Å²) in [6, 6.07) is 6.86. The molecule has 0 radical (unpaired) electrons. The van der Waals surface area contributed by atoms with E-state index < -0.39 is 4.92 Å². The van der Waals surface area contributed by atoms with Gasteiger partial charge >= 0.3 is 0 Å². The van der Waals surface area contributed by atoms with Crippen molar-refractivity contribution in [2.24, 2.45) is 0 Å². The second-order valence-corrected chi connectivity index (χ2v) is 4.42. The molecule has 0 spiro atoms. The smallest absolute Gasteiger partial charge is 0.295 e. The van der Waals surface area contributed by atoms with E-state index in [9.17, 15) is 10.1 Å². The average Bonchev–Trinajstić information content (AvgIpc) is 2.46. The molecular weight excluding hydrogens is 256 g/mol. The van der Waals surface area contributed by atoms with Gasteiger partial charge in [0, 0.05) is 29.9 Å². The van der Waals surface area contributed by atoms with E-state index in [1.807, 2.05) is 12.1 Å². The van der Waals surface area contributed by atoms with Crippen LogP contribution in [0.4, 0.5) is 11.4 Å². The predicted molar refractivity (Wildman–Crippen MR) is 80.0 cm³/mol. The molecule has 20 heavy (non-hydrogen) atoms. The summed E-state index contributed by atoms with van der Waals surface area (Å²) in [6.07, 6.45) is 2.59. The number of nitrogens with zero attached hydrogens (tertiary/aromatic N) is 2. The van der Waals surface area contributed by atoms with E-state index in [4.69, 9.17) is 0 Å². The summed E-state index contributed by atoms with van der Waals surface area (Å²) >= 11 is 0. The number of hydrogen-bond donors (Lipinski definition) is 2. The van der Waals surface area contributed by atoms with Crippen LogP contribution < -0.4 is 10.6 Å². The van der Waals surface area contributed by atoms with E-state index in [1.54, 1.807) is 12.3 Å². The first kappa shape index (κ1) is 14.2. The Hall–Kier alpha value is -2.21. The van der Waals surface area contributed by atoms with Crippen LogP contribution >= 0.6 is 0 Å². The average molecular weight is 274 g/mol. The molecule has 2 aromatic rings. The summed E-state index contributed by atoms with van der Waals surface area (Å²) < 4.78 is 0. The van der Waals surface area contributed by atoms with Crippen molar-refractivity contribution in [3.8, 4) is 0 Å². The van der Waals surface area contributed by atoms with E-state index in [2.05, 4.69) is 22.5 Å². The zero-order valence-electron chi connectivity index (χ0n) is 11.4. The Morgan fingerprint density at radius 2 is 2.15 bits per heavy atom.